The van der Waals surface area contributed by atoms with E-state index in [4.69, 9.17) is 21.7 Å². The van der Waals surface area contributed by atoms with Crippen LogP contribution in [0, 0.1) is 11.6 Å². The van der Waals surface area contributed by atoms with Crippen LogP contribution in [0.4, 0.5) is 14.5 Å². The summed E-state index contributed by atoms with van der Waals surface area (Å²) in [5.41, 5.74) is 0.862. The van der Waals surface area contributed by atoms with Crippen molar-refractivity contribution in [3.05, 3.63) is 94.4 Å². The Bertz CT molecular complexity index is 1290. The summed E-state index contributed by atoms with van der Waals surface area (Å²) in [6.45, 7) is 0. The van der Waals surface area contributed by atoms with Crippen LogP contribution in [0.25, 0.3) is 6.08 Å². The Morgan fingerprint density at radius 3 is 2.45 bits per heavy atom. The smallest absolute Gasteiger partial charge is 0.346 e. The number of ether oxygens (including phenoxy) is 2. The molecule has 5 nitrogen and oxygen atoms in total. The lowest BCUT2D eigenvalue weighted by Gasteiger charge is -2.14. The van der Waals surface area contributed by atoms with E-state index in [2.05, 4.69) is 0 Å². The molecule has 166 valence electrons. The topological polar surface area (TPSA) is 55.8 Å². The van der Waals surface area contributed by atoms with Crippen LogP contribution in [0.3, 0.4) is 0 Å². The number of amides is 1. The fourth-order valence-corrected chi connectivity index (χ4v) is 4.37. The van der Waals surface area contributed by atoms with Crippen molar-refractivity contribution in [3.8, 4) is 11.5 Å². The molecule has 0 bridgehead atoms. The maximum atomic E-state index is 13.9. The molecule has 1 fully saturated rings. The normalized spacial score (nSPS) is 14.6. The predicted octanol–water partition coefficient (Wildman–Crippen LogP) is 5.60. The second-order valence-corrected chi connectivity index (χ2v) is 8.45. The van der Waals surface area contributed by atoms with E-state index in [9.17, 15) is 18.4 Å². The van der Waals surface area contributed by atoms with E-state index in [1.54, 1.807) is 18.2 Å². The molecular formula is C24H15F2NO4S2. The van der Waals surface area contributed by atoms with Crippen LogP contribution >= 0.6 is 24.0 Å². The molecule has 9 heteroatoms. The third-order valence-corrected chi connectivity index (χ3v) is 5.96. The lowest BCUT2D eigenvalue weighted by molar-refractivity contribution is -0.113. The van der Waals surface area contributed by atoms with E-state index >= 15 is 0 Å². The number of benzene rings is 3. The Morgan fingerprint density at radius 2 is 1.76 bits per heavy atom. The highest BCUT2D eigenvalue weighted by Gasteiger charge is 2.33. The van der Waals surface area contributed by atoms with Gasteiger partial charge < -0.3 is 9.47 Å². The van der Waals surface area contributed by atoms with Crippen molar-refractivity contribution in [3.63, 3.8) is 0 Å². The number of hydrogen-bond donors (Lipinski definition) is 0. The van der Waals surface area contributed by atoms with Crippen LogP contribution in [0.1, 0.15) is 15.9 Å². The first-order valence-electron chi connectivity index (χ1n) is 9.55. The lowest BCUT2D eigenvalue weighted by atomic mass is 10.1. The van der Waals surface area contributed by atoms with E-state index < -0.39 is 17.6 Å². The van der Waals surface area contributed by atoms with Gasteiger partial charge in [-0.05, 0) is 60.2 Å². The van der Waals surface area contributed by atoms with Gasteiger partial charge in [-0.3, -0.25) is 9.69 Å². The highest BCUT2D eigenvalue weighted by Crippen LogP contribution is 2.37. The molecule has 0 unspecified atom stereocenters. The molecule has 0 aromatic heterocycles. The van der Waals surface area contributed by atoms with Gasteiger partial charge in [0.25, 0.3) is 5.91 Å². The summed E-state index contributed by atoms with van der Waals surface area (Å²) in [5.74, 6) is -1.99. The number of rotatable bonds is 5. The molecule has 0 atom stereocenters. The number of thiocarbonyl (C=S) groups is 1. The molecule has 33 heavy (non-hydrogen) atoms. The van der Waals surface area contributed by atoms with Gasteiger partial charge in [-0.15, -0.1) is 0 Å². The van der Waals surface area contributed by atoms with Gasteiger partial charge in [-0.2, -0.15) is 0 Å². The van der Waals surface area contributed by atoms with E-state index in [-0.39, 0.29) is 23.0 Å². The highest BCUT2D eigenvalue weighted by atomic mass is 32.2. The zero-order valence-corrected chi connectivity index (χ0v) is 18.7. The van der Waals surface area contributed by atoms with Crippen LogP contribution in [-0.4, -0.2) is 23.3 Å². The Kier molecular flexibility index (Phi) is 6.52. The number of carbonyl (C=O) groups excluding carboxylic acids is 2. The quantitative estimate of drug-likeness (QED) is 0.204. The van der Waals surface area contributed by atoms with Gasteiger partial charge in [0.15, 0.2) is 15.8 Å². The number of halogens is 2. The summed E-state index contributed by atoms with van der Waals surface area (Å²) in [7, 11) is 1.40. The van der Waals surface area contributed by atoms with Crippen molar-refractivity contribution in [1.82, 2.24) is 0 Å². The minimum absolute atomic E-state index is 0.0989. The fraction of sp³-hybridized carbons (Fsp3) is 0.0417. The Labute approximate surface area is 197 Å². The average molecular weight is 484 g/mol. The lowest BCUT2D eigenvalue weighted by Crippen LogP contribution is -2.27. The van der Waals surface area contributed by atoms with Crippen molar-refractivity contribution < 1.29 is 27.8 Å². The van der Waals surface area contributed by atoms with Crippen LogP contribution in [0.2, 0.25) is 0 Å². The number of esters is 1. The van der Waals surface area contributed by atoms with Crippen LogP contribution in [0.15, 0.2) is 71.6 Å². The largest absolute Gasteiger partial charge is 0.493 e. The minimum atomic E-state index is -0.862. The third kappa shape index (κ3) is 4.79. The number of hydrogen-bond acceptors (Lipinski definition) is 6. The molecule has 3 aromatic rings. The molecule has 1 saturated heterocycles. The first-order valence-corrected chi connectivity index (χ1v) is 10.8. The molecule has 1 amide bonds. The van der Waals surface area contributed by atoms with Crippen LogP contribution in [-0.2, 0) is 4.79 Å². The molecule has 0 N–H and O–H groups in total. The molecule has 1 heterocycles. The van der Waals surface area contributed by atoms with Gasteiger partial charge in [-0.25, -0.2) is 13.6 Å². The summed E-state index contributed by atoms with van der Waals surface area (Å²) in [5, 5.41) is 0. The van der Waals surface area contributed by atoms with E-state index in [1.807, 2.05) is 0 Å². The summed E-state index contributed by atoms with van der Waals surface area (Å²) in [6, 6.07) is 15.6. The van der Waals surface area contributed by atoms with Crippen LogP contribution < -0.4 is 14.4 Å². The van der Waals surface area contributed by atoms with E-state index in [0.29, 0.717) is 20.5 Å². The van der Waals surface area contributed by atoms with Gasteiger partial charge >= 0.3 is 5.97 Å². The van der Waals surface area contributed by atoms with Crippen molar-refractivity contribution in [2.24, 2.45) is 0 Å². The highest BCUT2D eigenvalue weighted by molar-refractivity contribution is 8.27. The fourth-order valence-electron chi connectivity index (χ4n) is 3.07. The van der Waals surface area contributed by atoms with Crippen molar-refractivity contribution in [2.75, 3.05) is 12.0 Å². The number of methoxy groups -OCH3 is 1. The zero-order valence-electron chi connectivity index (χ0n) is 17.1. The third-order valence-electron chi connectivity index (χ3n) is 4.66. The monoisotopic (exact) mass is 483 g/mol. The first-order chi connectivity index (χ1) is 15.9. The predicted molar refractivity (Wildman–Crippen MR) is 126 cm³/mol. The maximum absolute atomic E-state index is 13.9. The number of thioether (sulfide) groups is 1. The number of anilines is 1. The average Bonchev–Trinajstić information content (AvgIpc) is 3.08. The molecule has 0 spiro atoms. The van der Waals surface area contributed by atoms with Gasteiger partial charge in [0.2, 0.25) is 0 Å². The second kappa shape index (κ2) is 9.51. The number of nitrogens with zero attached hydrogens (tertiary/aromatic N) is 1. The number of carbonyl (C=O) groups is 2. The van der Waals surface area contributed by atoms with Crippen molar-refractivity contribution >= 4 is 51.9 Å². The second-order valence-electron chi connectivity index (χ2n) is 6.77. The molecule has 0 aliphatic carbocycles. The molecular weight excluding hydrogens is 468 g/mol. The first kappa shape index (κ1) is 22.6. The molecule has 0 radical (unpaired) electrons. The van der Waals surface area contributed by atoms with Crippen LogP contribution in [0.5, 0.6) is 11.5 Å². The Balaban J connectivity index is 1.57. The SMILES string of the molecule is COc1cc(/C=C2\SC(=S)N(c3ccc(F)cc3)C2=O)ccc1OC(=O)c1ccccc1F. The van der Waals surface area contributed by atoms with Gasteiger partial charge in [0.05, 0.1) is 23.3 Å². The Hall–Kier alpha value is -3.56. The summed E-state index contributed by atoms with van der Waals surface area (Å²) < 4.78 is 38.0. The molecule has 3 aromatic carbocycles. The summed E-state index contributed by atoms with van der Waals surface area (Å²) >= 11 is 6.43. The minimum Gasteiger partial charge on any atom is -0.493 e. The van der Waals surface area contributed by atoms with E-state index in [1.165, 1.54) is 66.6 Å². The van der Waals surface area contributed by atoms with Crippen molar-refractivity contribution in [1.29, 1.82) is 0 Å². The zero-order chi connectivity index (χ0) is 23.5. The summed E-state index contributed by atoms with van der Waals surface area (Å²) in [6.07, 6.45) is 1.62. The van der Waals surface area contributed by atoms with Gasteiger partial charge in [0.1, 0.15) is 11.6 Å². The molecule has 1 aliphatic rings. The van der Waals surface area contributed by atoms with Crippen molar-refractivity contribution in [2.45, 2.75) is 0 Å². The molecule has 4 rings (SSSR count). The van der Waals surface area contributed by atoms with Gasteiger partial charge in [0, 0.05) is 0 Å². The maximum Gasteiger partial charge on any atom is 0.346 e. The van der Waals surface area contributed by atoms with E-state index in [0.717, 1.165) is 11.8 Å². The van der Waals surface area contributed by atoms with Gasteiger partial charge in [-0.1, -0.05) is 42.2 Å². The Morgan fingerprint density at radius 1 is 1.03 bits per heavy atom. The standard InChI is InChI=1S/C24H15F2NO4S2/c1-30-20-12-14(6-11-19(20)31-23(29)17-4-2-3-5-18(17)26)13-21-22(28)27(24(32)33-21)16-9-7-15(25)8-10-16/h2-13H,1H3/b21-13-. The summed E-state index contributed by atoms with van der Waals surface area (Å²) in [4.78, 5) is 26.9. The molecule has 1 aliphatic heterocycles. The molecule has 0 saturated carbocycles.